The Morgan fingerprint density at radius 3 is 3.00 bits per heavy atom. The molecule has 2 heterocycles. The molecule has 0 aliphatic carbocycles. The van der Waals surface area contributed by atoms with Crippen molar-refractivity contribution in [2.45, 2.75) is 6.92 Å². The Bertz CT molecular complexity index is 653. The van der Waals surface area contributed by atoms with Gasteiger partial charge in [0.15, 0.2) is 5.82 Å². The summed E-state index contributed by atoms with van der Waals surface area (Å²) >= 11 is 0. The van der Waals surface area contributed by atoms with E-state index in [1.165, 1.54) is 0 Å². The maximum atomic E-state index is 5.33. The highest BCUT2D eigenvalue weighted by atomic mass is 16.3. The Kier molecular flexibility index (Phi) is 1.80. The molecular formula is C11H9N4O. The third-order valence-electron chi connectivity index (χ3n) is 2.48. The number of rotatable bonds is 1. The average molecular weight is 213 g/mol. The largest absolute Gasteiger partial charge is 0.464 e. The van der Waals surface area contributed by atoms with Crippen LogP contribution in [0, 0.1) is 13.8 Å². The summed E-state index contributed by atoms with van der Waals surface area (Å²) in [5, 5.41) is 12.4. The molecule has 5 nitrogen and oxygen atoms in total. The minimum Gasteiger partial charge on any atom is -0.464 e. The van der Waals surface area contributed by atoms with Gasteiger partial charge in [-0.3, -0.25) is 0 Å². The van der Waals surface area contributed by atoms with Gasteiger partial charge in [0.05, 0.1) is 12.0 Å². The summed E-state index contributed by atoms with van der Waals surface area (Å²) in [5.74, 6) is 0.738. The molecule has 0 atom stereocenters. The molecule has 0 N–H and O–H groups in total. The van der Waals surface area contributed by atoms with Crippen LogP contribution in [-0.4, -0.2) is 20.2 Å². The van der Waals surface area contributed by atoms with Crippen molar-refractivity contribution in [1.82, 2.24) is 20.2 Å². The van der Waals surface area contributed by atoms with Crippen LogP contribution in [0.5, 0.6) is 0 Å². The van der Waals surface area contributed by atoms with Crippen molar-refractivity contribution in [3.8, 4) is 5.69 Å². The molecule has 16 heavy (non-hydrogen) atoms. The molecule has 0 spiro atoms. The van der Waals surface area contributed by atoms with Crippen LogP contribution in [0.1, 0.15) is 11.4 Å². The number of nitrogens with zero attached hydrogens (tertiary/aromatic N) is 4. The second-order valence-corrected chi connectivity index (χ2v) is 3.58. The molecule has 0 fully saturated rings. The summed E-state index contributed by atoms with van der Waals surface area (Å²) < 4.78 is 7.00. The quantitative estimate of drug-likeness (QED) is 0.619. The number of benzene rings is 1. The van der Waals surface area contributed by atoms with Crippen molar-refractivity contribution in [2.24, 2.45) is 0 Å². The van der Waals surface area contributed by atoms with Gasteiger partial charge >= 0.3 is 0 Å². The molecule has 0 saturated heterocycles. The Morgan fingerprint density at radius 2 is 2.25 bits per heavy atom. The molecule has 0 bridgehead atoms. The highest BCUT2D eigenvalue weighted by Crippen LogP contribution is 2.23. The standard InChI is InChI=1S/C11H9N4O/c1-7-5-10(15-8(2)12-13-14-15)6-9-3-4-16-11(7)9/h3-6H,1H2,2H3. The second kappa shape index (κ2) is 3.16. The van der Waals surface area contributed by atoms with Gasteiger partial charge in [0.2, 0.25) is 0 Å². The Balaban J connectivity index is 2.29. The average Bonchev–Trinajstić information content (AvgIpc) is 2.85. The molecule has 3 aromatic rings. The van der Waals surface area contributed by atoms with Gasteiger partial charge in [-0.15, -0.1) is 5.10 Å². The van der Waals surface area contributed by atoms with Crippen LogP contribution >= 0.6 is 0 Å². The smallest absolute Gasteiger partial charge is 0.153 e. The molecule has 0 aliphatic rings. The predicted octanol–water partition coefficient (Wildman–Crippen LogP) is 1.90. The third-order valence-corrected chi connectivity index (χ3v) is 2.48. The number of tetrazole rings is 1. The lowest BCUT2D eigenvalue weighted by atomic mass is 10.1. The van der Waals surface area contributed by atoms with E-state index in [1.807, 2.05) is 25.1 Å². The van der Waals surface area contributed by atoms with Gasteiger partial charge in [-0.2, -0.15) is 4.68 Å². The lowest BCUT2D eigenvalue weighted by Gasteiger charge is -2.03. The summed E-state index contributed by atoms with van der Waals surface area (Å²) in [7, 11) is 0. The Labute approximate surface area is 91.7 Å². The van der Waals surface area contributed by atoms with Gasteiger partial charge in [0, 0.05) is 5.39 Å². The van der Waals surface area contributed by atoms with Crippen LogP contribution in [0.3, 0.4) is 0 Å². The monoisotopic (exact) mass is 213 g/mol. The number of hydrogen-bond acceptors (Lipinski definition) is 4. The molecule has 5 heteroatoms. The number of aryl methyl sites for hydroxylation is 1. The fraction of sp³-hybridized carbons (Fsp3) is 0.0909. The molecule has 0 saturated carbocycles. The van der Waals surface area contributed by atoms with Crippen LogP contribution in [0.4, 0.5) is 0 Å². The summed E-state index contributed by atoms with van der Waals surface area (Å²) in [6.45, 7) is 5.79. The Hall–Kier alpha value is -2.17. The van der Waals surface area contributed by atoms with Gasteiger partial charge in [-0.1, -0.05) is 0 Å². The first-order valence-electron chi connectivity index (χ1n) is 4.84. The summed E-state index contributed by atoms with van der Waals surface area (Å²) in [4.78, 5) is 0. The van der Waals surface area contributed by atoms with Crippen LogP contribution in [0.2, 0.25) is 0 Å². The first-order valence-corrected chi connectivity index (χ1v) is 4.84. The normalized spacial score (nSPS) is 11.1. The van der Waals surface area contributed by atoms with Gasteiger partial charge in [0.1, 0.15) is 5.58 Å². The highest BCUT2D eigenvalue weighted by molar-refractivity contribution is 5.83. The third kappa shape index (κ3) is 1.21. The van der Waals surface area contributed by atoms with Crippen LogP contribution in [0.15, 0.2) is 28.9 Å². The first-order chi connectivity index (χ1) is 7.75. The van der Waals surface area contributed by atoms with E-state index in [0.29, 0.717) is 0 Å². The van der Waals surface area contributed by atoms with Crippen molar-refractivity contribution < 1.29 is 4.42 Å². The van der Waals surface area contributed by atoms with E-state index < -0.39 is 0 Å². The number of aromatic nitrogens is 4. The zero-order chi connectivity index (χ0) is 11.1. The zero-order valence-electron chi connectivity index (χ0n) is 8.71. The summed E-state index contributed by atoms with van der Waals surface area (Å²) in [5.41, 5.74) is 2.52. The maximum Gasteiger partial charge on any atom is 0.153 e. The van der Waals surface area contributed by atoms with Crippen molar-refractivity contribution in [2.75, 3.05) is 0 Å². The fourth-order valence-corrected chi connectivity index (χ4v) is 1.73. The number of fused-ring (bicyclic) bond motifs is 1. The van der Waals surface area contributed by atoms with Gasteiger partial charge in [-0.25, -0.2) is 0 Å². The molecule has 1 radical (unpaired) electrons. The molecule has 0 aliphatic heterocycles. The van der Waals surface area contributed by atoms with E-state index in [9.17, 15) is 0 Å². The molecule has 79 valence electrons. The molecule has 0 unspecified atom stereocenters. The van der Waals surface area contributed by atoms with Crippen LogP contribution in [-0.2, 0) is 0 Å². The van der Waals surface area contributed by atoms with E-state index >= 15 is 0 Å². The van der Waals surface area contributed by atoms with Gasteiger partial charge in [0.25, 0.3) is 0 Å². The van der Waals surface area contributed by atoms with E-state index in [2.05, 4.69) is 22.4 Å². The van der Waals surface area contributed by atoms with Crippen molar-refractivity contribution >= 4 is 11.0 Å². The first kappa shape index (κ1) is 9.08. The summed E-state index contributed by atoms with van der Waals surface area (Å²) in [6.07, 6.45) is 1.65. The topological polar surface area (TPSA) is 56.7 Å². The van der Waals surface area contributed by atoms with Gasteiger partial charge < -0.3 is 4.42 Å². The zero-order valence-corrected chi connectivity index (χ0v) is 8.71. The van der Waals surface area contributed by atoms with Crippen molar-refractivity contribution in [3.63, 3.8) is 0 Å². The minimum atomic E-state index is 0.738. The van der Waals surface area contributed by atoms with E-state index in [0.717, 1.165) is 28.0 Å². The minimum absolute atomic E-state index is 0.738. The van der Waals surface area contributed by atoms with Gasteiger partial charge in [-0.05, 0) is 48.0 Å². The van der Waals surface area contributed by atoms with Crippen LogP contribution in [0.25, 0.3) is 16.7 Å². The van der Waals surface area contributed by atoms with E-state index in [1.54, 1.807) is 10.9 Å². The lowest BCUT2D eigenvalue weighted by Crippen LogP contribution is -1.99. The highest BCUT2D eigenvalue weighted by Gasteiger charge is 2.08. The lowest BCUT2D eigenvalue weighted by molar-refractivity contribution is 0.614. The number of furan rings is 1. The Morgan fingerprint density at radius 1 is 1.38 bits per heavy atom. The van der Waals surface area contributed by atoms with Crippen molar-refractivity contribution in [3.05, 3.63) is 42.8 Å². The predicted molar refractivity (Wildman–Crippen MR) is 58.1 cm³/mol. The van der Waals surface area contributed by atoms with E-state index in [-0.39, 0.29) is 0 Å². The molecule has 3 rings (SSSR count). The molecule has 0 amide bonds. The number of hydrogen-bond donors (Lipinski definition) is 0. The molecule has 2 aromatic heterocycles. The SMILES string of the molecule is [CH2]c1cc(-n2nnnc2C)cc2ccoc12. The maximum absolute atomic E-state index is 5.33. The van der Waals surface area contributed by atoms with Crippen molar-refractivity contribution in [1.29, 1.82) is 0 Å². The summed E-state index contributed by atoms with van der Waals surface area (Å²) in [6, 6.07) is 5.76. The van der Waals surface area contributed by atoms with Crippen LogP contribution < -0.4 is 0 Å². The second-order valence-electron chi connectivity index (χ2n) is 3.58. The van der Waals surface area contributed by atoms with E-state index in [4.69, 9.17) is 4.42 Å². The molecule has 1 aromatic carbocycles. The fourth-order valence-electron chi connectivity index (χ4n) is 1.73. The molecular weight excluding hydrogens is 204 g/mol.